The Labute approximate surface area is 174 Å². The first kappa shape index (κ1) is 19.8. The molecule has 1 aliphatic heterocycles. The monoisotopic (exact) mass is 405 g/mol. The molecule has 1 aromatic heterocycles. The summed E-state index contributed by atoms with van der Waals surface area (Å²) in [5, 5.41) is 3.45. The van der Waals surface area contributed by atoms with Gasteiger partial charge in [0, 0.05) is 36.2 Å². The molecule has 7 nitrogen and oxygen atoms in total. The second-order valence-electron chi connectivity index (χ2n) is 7.24. The minimum Gasteiger partial charge on any atom is -0.495 e. The SMILES string of the molecule is COc1ccccc1NC(=O)COC(=O)c1c2c(nc3ccccc13)CCN(C)C2. The Morgan fingerprint density at radius 2 is 1.90 bits per heavy atom. The standard InChI is InChI=1S/C23H23N3O4/c1-26-12-11-18-16(13-26)22(15-7-3-4-8-17(15)24-18)23(28)30-14-21(27)25-19-9-5-6-10-20(19)29-2/h3-10H,11-14H2,1-2H3,(H,25,27). The van der Waals surface area contributed by atoms with Crippen molar-refractivity contribution in [2.75, 3.05) is 32.6 Å². The van der Waals surface area contributed by atoms with E-state index >= 15 is 0 Å². The number of anilines is 1. The summed E-state index contributed by atoms with van der Waals surface area (Å²) in [6, 6.07) is 14.6. The fourth-order valence-corrected chi connectivity index (χ4v) is 3.70. The molecule has 1 amide bonds. The van der Waals surface area contributed by atoms with Gasteiger partial charge in [-0.15, -0.1) is 0 Å². The Kier molecular flexibility index (Phi) is 5.63. The van der Waals surface area contributed by atoms with Crippen molar-refractivity contribution >= 4 is 28.5 Å². The number of rotatable bonds is 5. The number of hydrogen-bond acceptors (Lipinski definition) is 6. The van der Waals surface area contributed by atoms with Gasteiger partial charge in [-0.3, -0.25) is 9.78 Å². The molecule has 1 N–H and O–H groups in total. The number of benzene rings is 2. The van der Waals surface area contributed by atoms with Crippen LogP contribution in [0.25, 0.3) is 10.9 Å². The van der Waals surface area contributed by atoms with E-state index in [1.165, 1.54) is 7.11 Å². The van der Waals surface area contributed by atoms with E-state index in [1.807, 2.05) is 37.4 Å². The third kappa shape index (κ3) is 3.97. The van der Waals surface area contributed by atoms with Gasteiger partial charge in [-0.1, -0.05) is 30.3 Å². The topological polar surface area (TPSA) is 80.8 Å². The summed E-state index contributed by atoms with van der Waals surface area (Å²) >= 11 is 0. The second-order valence-corrected chi connectivity index (χ2v) is 7.24. The third-order valence-corrected chi connectivity index (χ3v) is 5.16. The third-order valence-electron chi connectivity index (χ3n) is 5.16. The first-order valence-corrected chi connectivity index (χ1v) is 9.76. The van der Waals surface area contributed by atoms with Crippen LogP contribution in [-0.2, 0) is 22.5 Å². The Morgan fingerprint density at radius 3 is 2.73 bits per heavy atom. The normalized spacial score (nSPS) is 13.5. The van der Waals surface area contributed by atoms with Gasteiger partial charge in [0.15, 0.2) is 6.61 Å². The number of hydrogen-bond donors (Lipinski definition) is 1. The highest BCUT2D eigenvalue weighted by Gasteiger charge is 2.25. The number of esters is 1. The molecule has 0 radical (unpaired) electrons. The van der Waals surface area contributed by atoms with Crippen molar-refractivity contribution in [2.45, 2.75) is 13.0 Å². The summed E-state index contributed by atoms with van der Waals surface area (Å²) < 4.78 is 10.6. The smallest absolute Gasteiger partial charge is 0.339 e. The van der Waals surface area contributed by atoms with E-state index in [2.05, 4.69) is 10.2 Å². The lowest BCUT2D eigenvalue weighted by Gasteiger charge is -2.26. The molecule has 0 atom stereocenters. The van der Waals surface area contributed by atoms with Gasteiger partial charge in [-0.25, -0.2) is 4.79 Å². The molecule has 0 spiro atoms. The number of methoxy groups -OCH3 is 1. The fraction of sp³-hybridized carbons (Fsp3) is 0.261. The lowest BCUT2D eigenvalue weighted by molar-refractivity contribution is -0.119. The Hall–Kier alpha value is -3.45. The number of aromatic nitrogens is 1. The van der Waals surface area contributed by atoms with Crippen LogP contribution in [-0.4, -0.2) is 49.1 Å². The summed E-state index contributed by atoms with van der Waals surface area (Å²) in [6.07, 6.45) is 0.769. The number of nitrogens with one attached hydrogen (secondary N) is 1. The van der Waals surface area contributed by atoms with Gasteiger partial charge in [0.25, 0.3) is 5.91 Å². The molecular weight excluding hydrogens is 382 g/mol. The number of nitrogens with zero attached hydrogens (tertiary/aromatic N) is 2. The minimum absolute atomic E-state index is 0.391. The zero-order chi connectivity index (χ0) is 21.1. The summed E-state index contributed by atoms with van der Waals surface area (Å²) in [5.41, 5.74) is 3.56. The molecule has 0 bridgehead atoms. The Morgan fingerprint density at radius 1 is 1.13 bits per heavy atom. The van der Waals surface area contributed by atoms with Crippen molar-refractivity contribution in [3.63, 3.8) is 0 Å². The first-order valence-electron chi connectivity index (χ1n) is 9.76. The van der Waals surface area contributed by atoms with Crippen molar-refractivity contribution in [3.8, 4) is 5.75 Å². The van der Waals surface area contributed by atoms with E-state index < -0.39 is 18.5 Å². The number of carbonyl (C=O) groups is 2. The van der Waals surface area contributed by atoms with Crippen LogP contribution in [0.2, 0.25) is 0 Å². The van der Waals surface area contributed by atoms with Crippen molar-refractivity contribution in [1.82, 2.24) is 9.88 Å². The molecule has 2 aromatic carbocycles. The molecule has 1 aliphatic rings. The molecule has 0 fully saturated rings. The van der Waals surface area contributed by atoms with Gasteiger partial charge >= 0.3 is 5.97 Å². The van der Waals surface area contributed by atoms with Crippen molar-refractivity contribution in [3.05, 3.63) is 65.4 Å². The van der Waals surface area contributed by atoms with Crippen LogP contribution in [0.1, 0.15) is 21.6 Å². The summed E-state index contributed by atoms with van der Waals surface area (Å²) in [6.45, 7) is 1.11. The largest absolute Gasteiger partial charge is 0.495 e. The zero-order valence-corrected chi connectivity index (χ0v) is 17.0. The molecule has 0 aliphatic carbocycles. The molecule has 0 unspecified atom stereocenters. The number of ether oxygens (including phenoxy) is 2. The van der Waals surface area contributed by atoms with E-state index in [-0.39, 0.29) is 0 Å². The summed E-state index contributed by atoms with van der Waals surface area (Å²) in [5.74, 6) is -0.415. The predicted molar refractivity (Wildman–Crippen MR) is 114 cm³/mol. The van der Waals surface area contributed by atoms with Crippen LogP contribution in [0.15, 0.2) is 48.5 Å². The van der Waals surface area contributed by atoms with Crippen molar-refractivity contribution in [1.29, 1.82) is 0 Å². The Balaban J connectivity index is 1.56. The van der Waals surface area contributed by atoms with Gasteiger partial charge in [-0.2, -0.15) is 0 Å². The van der Waals surface area contributed by atoms with Crippen molar-refractivity contribution < 1.29 is 19.1 Å². The molecule has 7 heteroatoms. The summed E-state index contributed by atoms with van der Waals surface area (Å²) in [4.78, 5) is 32.3. The number of fused-ring (bicyclic) bond motifs is 2. The van der Waals surface area contributed by atoms with Gasteiger partial charge in [0.1, 0.15) is 5.75 Å². The van der Waals surface area contributed by atoms with E-state index in [1.54, 1.807) is 18.2 Å². The first-order chi connectivity index (χ1) is 14.6. The highest BCUT2D eigenvalue weighted by Crippen LogP contribution is 2.28. The Bertz CT molecular complexity index is 1110. The lowest BCUT2D eigenvalue weighted by atomic mass is 9.96. The lowest BCUT2D eigenvalue weighted by Crippen LogP contribution is -2.30. The molecule has 30 heavy (non-hydrogen) atoms. The minimum atomic E-state index is -0.518. The molecule has 154 valence electrons. The van der Waals surface area contributed by atoms with Crippen LogP contribution in [0.5, 0.6) is 5.75 Å². The second kappa shape index (κ2) is 8.51. The van der Waals surface area contributed by atoms with Crippen LogP contribution < -0.4 is 10.1 Å². The van der Waals surface area contributed by atoms with Crippen LogP contribution in [0.4, 0.5) is 5.69 Å². The predicted octanol–water partition coefficient (Wildman–Crippen LogP) is 3.03. The molecular formula is C23H23N3O4. The molecule has 0 saturated carbocycles. The molecule has 2 heterocycles. The number of amides is 1. The number of pyridine rings is 1. The van der Waals surface area contributed by atoms with Gasteiger partial charge in [-0.05, 0) is 25.2 Å². The average molecular weight is 405 g/mol. The fourth-order valence-electron chi connectivity index (χ4n) is 3.70. The number of para-hydroxylation sites is 3. The van der Waals surface area contributed by atoms with Gasteiger partial charge in [0.05, 0.1) is 23.9 Å². The molecule has 3 aromatic rings. The highest BCUT2D eigenvalue weighted by molar-refractivity contribution is 6.06. The highest BCUT2D eigenvalue weighted by atomic mass is 16.5. The number of likely N-dealkylation sites (N-methyl/N-ethyl adjacent to an activating group) is 1. The molecule has 4 rings (SSSR count). The van der Waals surface area contributed by atoms with E-state index in [0.717, 1.165) is 35.1 Å². The zero-order valence-electron chi connectivity index (χ0n) is 17.0. The molecule has 0 saturated heterocycles. The van der Waals surface area contributed by atoms with Crippen LogP contribution in [0.3, 0.4) is 0 Å². The average Bonchev–Trinajstić information content (AvgIpc) is 2.76. The maximum atomic E-state index is 13.0. The van der Waals surface area contributed by atoms with Gasteiger partial charge in [0.2, 0.25) is 0 Å². The van der Waals surface area contributed by atoms with Gasteiger partial charge < -0.3 is 19.7 Å². The van der Waals surface area contributed by atoms with Crippen LogP contribution >= 0.6 is 0 Å². The maximum Gasteiger partial charge on any atom is 0.339 e. The van der Waals surface area contributed by atoms with Crippen molar-refractivity contribution in [2.24, 2.45) is 0 Å². The summed E-state index contributed by atoms with van der Waals surface area (Å²) in [7, 11) is 3.54. The maximum absolute atomic E-state index is 13.0. The van der Waals surface area contributed by atoms with E-state index in [0.29, 0.717) is 23.5 Å². The van der Waals surface area contributed by atoms with E-state index in [9.17, 15) is 9.59 Å². The van der Waals surface area contributed by atoms with E-state index in [4.69, 9.17) is 14.5 Å². The quantitative estimate of drug-likeness (QED) is 0.658. The van der Waals surface area contributed by atoms with Crippen LogP contribution in [0, 0.1) is 0 Å². The number of carbonyl (C=O) groups excluding carboxylic acids is 2.